The predicted octanol–water partition coefficient (Wildman–Crippen LogP) is 3.55. The summed E-state index contributed by atoms with van der Waals surface area (Å²) in [5.74, 6) is 0.868. The Morgan fingerprint density at radius 3 is 2.67 bits per heavy atom. The Morgan fingerprint density at radius 1 is 1.25 bits per heavy atom. The van der Waals surface area contributed by atoms with Gasteiger partial charge in [-0.25, -0.2) is 0 Å². The Balaban J connectivity index is 2.97. The van der Waals surface area contributed by atoms with Crippen LogP contribution in [0.15, 0.2) is 4.99 Å². The van der Waals surface area contributed by atoms with E-state index >= 15 is 0 Å². The van der Waals surface area contributed by atoms with Crippen LogP contribution in [0.3, 0.4) is 0 Å². The minimum atomic E-state index is 0.267. The molecule has 8 heteroatoms. The molecule has 1 aromatic rings. The number of anilines is 2. The third-order valence-electron chi connectivity index (χ3n) is 3.41. The molecule has 0 aromatic carbocycles. The molecule has 0 aliphatic rings. The fourth-order valence-corrected chi connectivity index (χ4v) is 2.54. The van der Waals surface area contributed by atoms with E-state index in [1.807, 2.05) is 4.90 Å². The number of halogens is 1. The number of nitrogens with zero attached hydrogens (tertiary/aromatic N) is 4. The maximum absolute atomic E-state index is 6.01. The fourth-order valence-electron chi connectivity index (χ4n) is 2.14. The van der Waals surface area contributed by atoms with Gasteiger partial charge in [0.05, 0.1) is 6.61 Å². The Labute approximate surface area is 152 Å². The van der Waals surface area contributed by atoms with Crippen LogP contribution >= 0.6 is 15.9 Å². The van der Waals surface area contributed by atoms with Crippen LogP contribution in [0.1, 0.15) is 39.0 Å². The summed E-state index contributed by atoms with van der Waals surface area (Å²) in [6.45, 7) is 7.42. The lowest BCUT2D eigenvalue weighted by Gasteiger charge is -2.24. The molecule has 0 spiro atoms. The molecule has 24 heavy (non-hydrogen) atoms. The standard InChI is InChI=1S/C16H28BrN5O2/c1-4-5-11-24-16-20-14(18)13(19-2)15(21-16)22(12-23-3)10-8-6-7-9-17/h2,4-12H2,1,3H3,(H2,18,20,21). The quantitative estimate of drug-likeness (QED) is 0.235. The minimum Gasteiger partial charge on any atom is -0.463 e. The fraction of sp³-hybridized carbons (Fsp3) is 0.688. The summed E-state index contributed by atoms with van der Waals surface area (Å²) in [6, 6.07) is 0.268. The number of aliphatic imine (C=N–C) groups is 1. The first-order chi connectivity index (χ1) is 11.7. The number of methoxy groups -OCH3 is 1. The van der Waals surface area contributed by atoms with Crippen LogP contribution in [-0.2, 0) is 4.74 Å². The molecule has 2 N–H and O–H groups in total. The summed E-state index contributed by atoms with van der Waals surface area (Å²) in [4.78, 5) is 14.6. The topological polar surface area (TPSA) is 85.9 Å². The summed E-state index contributed by atoms with van der Waals surface area (Å²) in [7, 11) is 1.65. The van der Waals surface area contributed by atoms with E-state index in [1.165, 1.54) is 0 Å². The molecule has 0 aliphatic heterocycles. The van der Waals surface area contributed by atoms with Gasteiger partial charge in [-0.3, -0.25) is 4.99 Å². The molecule has 0 saturated carbocycles. The largest absolute Gasteiger partial charge is 0.463 e. The molecule has 136 valence electrons. The van der Waals surface area contributed by atoms with Crippen molar-refractivity contribution in [2.24, 2.45) is 4.99 Å². The molecule has 0 radical (unpaired) electrons. The first kappa shape index (κ1) is 20.6. The first-order valence-electron chi connectivity index (χ1n) is 8.24. The van der Waals surface area contributed by atoms with Crippen molar-refractivity contribution in [3.8, 4) is 6.01 Å². The number of hydrogen-bond donors (Lipinski definition) is 1. The van der Waals surface area contributed by atoms with Crippen LogP contribution in [0, 0.1) is 0 Å². The van der Waals surface area contributed by atoms with Crippen LogP contribution in [0.5, 0.6) is 6.01 Å². The molecule has 0 atom stereocenters. The summed E-state index contributed by atoms with van der Waals surface area (Å²) < 4.78 is 10.9. The van der Waals surface area contributed by atoms with Gasteiger partial charge in [0.25, 0.3) is 0 Å². The monoisotopic (exact) mass is 401 g/mol. The molecule has 0 bridgehead atoms. The maximum Gasteiger partial charge on any atom is 0.320 e. The molecule has 1 heterocycles. The van der Waals surface area contributed by atoms with Crippen LogP contribution < -0.4 is 15.4 Å². The van der Waals surface area contributed by atoms with Crippen LogP contribution in [-0.4, -0.2) is 49.0 Å². The van der Waals surface area contributed by atoms with Crippen molar-refractivity contribution in [1.82, 2.24) is 9.97 Å². The Bertz CT molecular complexity index is 502. The number of alkyl halides is 1. The number of nitrogens with two attached hydrogens (primary N) is 1. The van der Waals surface area contributed by atoms with Gasteiger partial charge in [-0.05, 0) is 26.0 Å². The third kappa shape index (κ3) is 6.60. The lowest BCUT2D eigenvalue weighted by atomic mass is 10.2. The van der Waals surface area contributed by atoms with E-state index in [9.17, 15) is 0 Å². The second-order valence-corrected chi connectivity index (χ2v) is 6.15. The van der Waals surface area contributed by atoms with Gasteiger partial charge in [-0.2, -0.15) is 9.97 Å². The van der Waals surface area contributed by atoms with Gasteiger partial charge in [-0.15, -0.1) is 0 Å². The zero-order valence-corrected chi connectivity index (χ0v) is 16.2. The van der Waals surface area contributed by atoms with Crippen LogP contribution in [0.2, 0.25) is 0 Å². The molecule has 0 fully saturated rings. The summed E-state index contributed by atoms with van der Waals surface area (Å²) in [5.41, 5.74) is 6.48. The van der Waals surface area contributed by atoms with Gasteiger partial charge in [0.15, 0.2) is 11.6 Å². The second-order valence-electron chi connectivity index (χ2n) is 5.35. The molecule has 0 amide bonds. The highest BCUT2D eigenvalue weighted by atomic mass is 79.9. The van der Waals surface area contributed by atoms with Crippen molar-refractivity contribution < 1.29 is 9.47 Å². The van der Waals surface area contributed by atoms with Gasteiger partial charge < -0.3 is 20.1 Å². The molecular formula is C16H28BrN5O2. The Hall–Kier alpha value is -1.41. The zero-order chi connectivity index (χ0) is 17.8. The first-order valence-corrected chi connectivity index (χ1v) is 9.36. The zero-order valence-electron chi connectivity index (χ0n) is 14.6. The number of unbranched alkanes of at least 4 members (excludes halogenated alkanes) is 3. The summed E-state index contributed by atoms with van der Waals surface area (Å²) in [6.07, 6.45) is 5.24. The van der Waals surface area contributed by atoms with Crippen molar-refractivity contribution in [2.75, 3.05) is 43.0 Å². The lowest BCUT2D eigenvalue weighted by molar-refractivity contribution is 0.196. The van der Waals surface area contributed by atoms with E-state index in [4.69, 9.17) is 15.2 Å². The predicted molar refractivity (Wildman–Crippen MR) is 103 cm³/mol. The number of rotatable bonds is 13. The lowest BCUT2D eigenvalue weighted by Crippen LogP contribution is -2.28. The molecule has 0 aliphatic carbocycles. The SMILES string of the molecule is C=Nc1c(N)nc(OCCCC)nc1N(CCCCCBr)COC. The van der Waals surface area contributed by atoms with Crippen molar-refractivity contribution in [1.29, 1.82) is 0 Å². The highest BCUT2D eigenvalue weighted by Gasteiger charge is 2.18. The molecule has 0 unspecified atom stereocenters. The smallest absolute Gasteiger partial charge is 0.320 e. The van der Waals surface area contributed by atoms with Gasteiger partial charge in [0.2, 0.25) is 0 Å². The number of nitrogen functional groups attached to an aromatic ring is 1. The average molecular weight is 402 g/mol. The average Bonchev–Trinajstić information content (AvgIpc) is 2.57. The van der Waals surface area contributed by atoms with E-state index in [0.29, 0.717) is 24.8 Å². The van der Waals surface area contributed by atoms with Gasteiger partial charge in [0, 0.05) is 19.0 Å². The number of hydrogen-bond acceptors (Lipinski definition) is 7. The molecule has 7 nitrogen and oxygen atoms in total. The maximum atomic E-state index is 6.01. The Morgan fingerprint density at radius 2 is 2.04 bits per heavy atom. The van der Waals surface area contributed by atoms with Gasteiger partial charge in [0.1, 0.15) is 12.4 Å². The van der Waals surface area contributed by atoms with E-state index in [0.717, 1.165) is 44.0 Å². The van der Waals surface area contributed by atoms with E-state index in [-0.39, 0.29) is 11.8 Å². The van der Waals surface area contributed by atoms with E-state index < -0.39 is 0 Å². The van der Waals surface area contributed by atoms with Crippen LogP contribution in [0.4, 0.5) is 17.3 Å². The van der Waals surface area contributed by atoms with Crippen LogP contribution in [0.25, 0.3) is 0 Å². The normalized spacial score (nSPS) is 10.6. The highest BCUT2D eigenvalue weighted by Crippen LogP contribution is 2.33. The molecule has 0 saturated heterocycles. The molecular weight excluding hydrogens is 374 g/mol. The molecule has 1 aromatic heterocycles. The number of ether oxygens (including phenoxy) is 2. The summed E-state index contributed by atoms with van der Waals surface area (Å²) >= 11 is 3.45. The Kier molecular flexibility index (Phi) is 10.3. The third-order valence-corrected chi connectivity index (χ3v) is 3.97. The summed E-state index contributed by atoms with van der Waals surface area (Å²) in [5, 5.41) is 1.01. The van der Waals surface area contributed by atoms with Crippen molar-refractivity contribution in [3.05, 3.63) is 0 Å². The van der Waals surface area contributed by atoms with Gasteiger partial charge >= 0.3 is 6.01 Å². The van der Waals surface area contributed by atoms with Gasteiger partial charge in [-0.1, -0.05) is 35.7 Å². The van der Waals surface area contributed by atoms with Crippen molar-refractivity contribution in [3.63, 3.8) is 0 Å². The minimum absolute atomic E-state index is 0.267. The highest BCUT2D eigenvalue weighted by molar-refractivity contribution is 9.09. The van der Waals surface area contributed by atoms with E-state index in [2.05, 4.69) is 44.5 Å². The van der Waals surface area contributed by atoms with Crippen molar-refractivity contribution in [2.45, 2.75) is 39.0 Å². The van der Waals surface area contributed by atoms with Crippen molar-refractivity contribution >= 4 is 40.0 Å². The number of aromatic nitrogens is 2. The van der Waals surface area contributed by atoms with E-state index in [1.54, 1.807) is 7.11 Å². The molecule has 1 rings (SSSR count). The second kappa shape index (κ2) is 12.0.